The van der Waals surface area contributed by atoms with Gasteiger partial charge in [0, 0.05) is 12.1 Å². The number of carboxylic acids is 1. The minimum atomic E-state index is -1.06. The lowest BCUT2D eigenvalue weighted by Crippen LogP contribution is -2.52. The van der Waals surface area contributed by atoms with Crippen LogP contribution in [-0.2, 0) is 14.4 Å². The van der Waals surface area contributed by atoms with Gasteiger partial charge >= 0.3 is 5.97 Å². The number of carboxylic acid groups (broad SMARTS) is 1. The first kappa shape index (κ1) is 24.0. The number of rotatable bonds is 10. The molecule has 174 valence electrons. The van der Waals surface area contributed by atoms with Gasteiger partial charge in [0.2, 0.25) is 17.7 Å². The van der Waals surface area contributed by atoms with Crippen LogP contribution in [-0.4, -0.2) is 34.8 Å². The molecule has 0 fully saturated rings. The van der Waals surface area contributed by atoms with Gasteiger partial charge in [0.15, 0.2) is 0 Å². The molecule has 0 bridgehead atoms. The minimum absolute atomic E-state index is 0.104. The van der Waals surface area contributed by atoms with Crippen molar-refractivity contribution < 1.29 is 24.3 Å². The molecule has 2 aromatic carbocycles. The fourth-order valence-corrected chi connectivity index (χ4v) is 3.87. The van der Waals surface area contributed by atoms with Crippen LogP contribution in [0, 0.1) is 0 Å². The normalized spacial score (nSPS) is 14.9. The van der Waals surface area contributed by atoms with Crippen molar-refractivity contribution in [2.75, 3.05) is 15.5 Å². The van der Waals surface area contributed by atoms with Crippen molar-refractivity contribution >= 4 is 40.8 Å². The molecule has 3 rings (SSSR count). The molecule has 1 aliphatic rings. The summed E-state index contributed by atoms with van der Waals surface area (Å²) >= 11 is 0. The molecule has 1 atom stereocenters. The Labute approximate surface area is 193 Å². The molecule has 2 aromatic rings. The number of hydrogen-bond acceptors (Lipinski definition) is 4. The molecule has 0 radical (unpaired) electrons. The standard InChI is InChI=1S/C25H29N3O5/c1-2-3-4-5-6-11-23(30)28-20-10-8-7-9-19(20)27-24(31)21(28)16-22(29)26-18-14-12-17(13-15-18)25(32)33/h7-10,12-15,21H,2-6,11,16H2,1H3,(H,26,29)(H,27,31)(H,32,33)/t21-/m1/s1. The highest BCUT2D eigenvalue weighted by atomic mass is 16.4. The van der Waals surface area contributed by atoms with E-state index >= 15 is 0 Å². The number of benzene rings is 2. The number of amides is 3. The zero-order chi connectivity index (χ0) is 23.8. The quantitative estimate of drug-likeness (QED) is 0.462. The highest BCUT2D eigenvalue weighted by Crippen LogP contribution is 2.33. The Hall–Kier alpha value is -3.68. The van der Waals surface area contributed by atoms with Crippen molar-refractivity contribution in [2.45, 2.75) is 57.9 Å². The van der Waals surface area contributed by atoms with Crippen LogP contribution in [0.5, 0.6) is 0 Å². The molecular weight excluding hydrogens is 422 g/mol. The molecule has 8 nitrogen and oxygen atoms in total. The van der Waals surface area contributed by atoms with Crippen LogP contribution in [0.3, 0.4) is 0 Å². The van der Waals surface area contributed by atoms with Gasteiger partial charge in [-0.05, 0) is 42.8 Å². The average molecular weight is 452 g/mol. The summed E-state index contributed by atoms with van der Waals surface area (Å²) in [5, 5.41) is 14.5. The number of hydrogen-bond donors (Lipinski definition) is 3. The summed E-state index contributed by atoms with van der Waals surface area (Å²) < 4.78 is 0. The minimum Gasteiger partial charge on any atom is -0.478 e. The van der Waals surface area contributed by atoms with Crippen LogP contribution in [0.1, 0.15) is 62.2 Å². The largest absolute Gasteiger partial charge is 0.478 e. The molecule has 3 amide bonds. The summed E-state index contributed by atoms with van der Waals surface area (Å²) in [5.41, 5.74) is 1.64. The van der Waals surface area contributed by atoms with Gasteiger partial charge in [-0.15, -0.1) is 0 Å². The molecule has 3 N–H and O–H groups in total. The smallest absolute Gasteiger partial charge is 0.335 e. The van der Waals surface area contributed by atoms with Crippen molar-refractivity contribution in [3.63, 3.8) is 0 Å². The van der Waals surface area contributed by atoms with Crippen molar-refractivity contribution in [1.82, 2.24) is 0 Å². The number of unbranched alkanes of at least 4 members (excludes halogenated alkanes) is 4. The predicted molar refractivity (Wildman–Crippen MR) is 126 cm³/mol. The summed E-state index contributed by atoms with van der Waals surface area (Å²) in [6.07, 6.45) is 5.06. The molecule has 0 spiro atoms. The second-order valence-corrected chi connectivity index (χ2v) is 8.08. The Kier molecular flexibility index (Phi) is 8.18. The second kappa shape index (κ2) is 11.3. The average Bonchev–Trinajstić information content (AvgIpc) is 2.79. The fraction of sp³-hybridized carbons (Fsp3) is 0.360. The Bertz CT molecular complexity index is 1020. The highest BCUT2D eigenvalue weighted by Gasteiger charge is 2.37. The van der Waals surface area contributed by atoms with E-state index in [0.717, 1.165) is 32.1 Å². The zero-order valence-electron chi connectivity index (χ0n) is 18.7. The topological polar surface area (TPSA) is 116 Å². The first-order valence-electron chi connectivity index (χ1n) is 11.3. The number of carbonyl (C=O) groups excluding carboxylic acids is 3. The third-order valence-corrected chi connectivity index (χ3v) is 5.59. The van der Waals surface area contributed by atoms with Gasteiger partial charge in [-0.1, -0.05) is 44.7 Å². The third-order valence-electron chi connectivity index (χ3n) is 5.59. The van der Waals surface area contributed by atoms with Crippen molar-refractivity contribution in [1.29, 1.82) is 0 Å². The Morgan fingerprint density at radius 1 is 1.00 bits per heavy atom. The van der Waals surface area contributed by atoms with E-state index in [2.05, 4.69) is 17.6 Å². The SMILES string of the molecule is CCCCCCCC(=O)N1c2ccccc2NC(=O)[C@H]1CC(=O)Nc1ccc(C(=O)O)cc1. The summed E-state index contributed by atoms with van der Waals surface area (Å²) in [6.45, 7) is 2.13. The lowest BCUT2D eigenvalue weighted by atomic mass is 10.0. The van der Waals surface area contributed by atoms with Crippen molar-refractivity contribution in [2.24, 2.45) is 0 Å². The van der Waals surface area contributed by atoms with Crippen LogP contribution in [0.15, 0.2) is 48.5 Å². The van der Waals surface area contributed by atoms with Crippen molar-refractivity contribution in [3.8, 4) is 0 Å². The van der Waals surface area contributed by atoms with Gasteiger partial charge in [0.25, 0.3) is 0 Å². The van der Waals surface area contributed by atoms with E-state index in [0.29, 0.717) is 23.5 Å². The van der Waals surface area contributed by atoms with E-state index < -0.39 is 23.8 Å². The van der Waals surface area contributed by atoms with Crippen LogP contribution in [0.4, 0.5) is 17.1 Å². The van der Waals surface area contributed by atoms with Gasteiger partial charge in [0.1, 0.15) is 6.04 Å². The molecule has 0 saturated heterocycles. The number of aromatic carboxylic acids is 1. The molecule has 0 aliphatic carbocycles. The van der Waals surface area contributed by atoms with Gasteiger partial charge in [0.05, 0.1) is 23.4 Å². The van der Waals surface area contributed by atoms with Crippen LogP contribution in [0.25, 0.3) is 0 Å². The number of nitrogens with zero attached hydrogens (tertiary/aromatic N) is 1. The zero-order valence-corrected chi connectivity index (χ0v) is 18.7. The maximum absolute atomic E-state index is 13.1. The predicted octanol–water partition coefficient (Wildman–Crippen LogP) is 4.43. The fourth-order valence-electron chi connectivity index (χ4n) is 3.87. The first-order chi connectivity index (χ1) is 15.9. The van der Waals surface area contributed by atoms with Gasteiger partial charge in [-0.25, -0.2) is 4.79 Å². The van der Waals surface area contributed by atoms with Gasteiger partial charge in [-0.2, -0.15) is 0 Å². The highest BCUT2D eigenvalue weighted by molar-refractivity contribution is 6.13. The molecule has 0 saturated carbocycles. The van der Waals surface area contributed by atoms with E-state index in [1.165, 1.54) is 29.2 Å². The lowest BCUT2D eigenvalue weighted by molar-refractivity contribution is -0.126. The molecule has 8 heteroatoms. The first-order valence-corrected chi connectivity index (χ1v) is 11.3. The van der Waals surface area contributed by atoms with E-state index in [1.54, 1.807) is 24.3 Å². The van der Waals surface area contributed by atoms with E-state index in [-0.39, 0.29) is 17.9 Å². The van der Waals surface area contributed by atoms with Crippen LogP contribution in [0.2, 0.25) is 0 Å². The van der Waals surface area contributed by atoms with Gasteiger partial charge < -0.3 is 15.7 Å². The third kappa shape index (κ3) is 6.19. The monoisotopic (exact) mass is 451 g/mol. The Morgan fingerprint density at radius 3 is 2.39 bits per heavy atom. The Balaban J connectivity index is 1.73. The number of carbonyl (C=O) groups is 4. The molecule has 1 heterocycles. The summed E-state index contributed by atoms with van der Waals surface area (Å²) in [6, 6.07) is 11.8. The molecule has 33 heavy (non-hydrogen) atoms. The van der Waals surface area contributed by atoms with Gasteiger partial charge in [-0.3, -0.25) is 19.3 Å². The Morgan fingerprint density at radius 2 is 1.70 bits per heavy atom. The molecule has 1 aliphatic heterocycles. The lowest BCUT2D eigenvalue weighted by Gasteiger charge is -2.36. The molecule has 0 unspecified atom stereocenters. The van der Waals surface area contributed by atoms with E-state index in [4.69, 9.17) is 5.11 Å². The molecule has 0 aromatic heterocycles. The summed E-state index contributed by atoms with van der Waals surface area (Å²) in [7, 11) is 0. The summed E-state index contributed by atoms with van der Waals surface area (Å²) in [5.74, 6) is -2.10. The van der Waals surface area contributed by atoms with E-state index in [9.17, 15) is 19.2 Å². The van der Waals surface area contributed by atoms with Crippen LogP contribution >= 0.6 is 0 Å². The number of para-hydroxylation sites is 2. The maximum Gasteiger partial charge on any atom is 0.335 e. The maximum atomic E-state index is 13.1. The van der Waals surface area contributed by atoms with E-state index in [1.807, 2.05) is 0 Å². The number of nitrogens with one attached hydrogen (secondary N) is 2. The second-order valence-electron chi connectivity index (χ2n) is 8.08. The number of anilines is 3. The molecular formula is C25H29N3O5. The van der Waals surface area contributed by atoms with Crippen LogP contribution < -0.4 is 15.5 Å². The number of fused-ring (bicyclic) bond motifs is 1. The summed E-state index contributed by atoms with van der Waals surface area (Å²) in [4.78, 5) is 51.1. The van der Waals surface area contributed by atoms with Crippen molar-refractivity contribution in [3.05, 3.63) is 54.1 Å².